The van der Waals surface area contributed by atoms with Crippen LogP contribution in [0.4, 0.5) is 5.69 Å². The normalized spacial score (nSPS) is 10.1. The zero-order valence-corrected chi connectivity index (χ0v) is 9.03. The van der Waals surface area contributed by atoms with Crippen LogP contribution in [0, 0.1) is 0 Å². The molecule has 0 aliphatic rings. The van der Waals surface area contributed by atoms with E-state index < -0.39 is 0 Å². The second-order valence-corrected chi connectivity index (χ2v) is 3.81. The number of nitrogens with zero attached hydrogens (tertiary/aromatic N) is 1. The van der Waals surface area contributed by atoms with E-state index in [1.807, 2.05) is 36.4 Å². The molecule has 0 amide bonds. The minimum Gasteiger partial charge on any atom is -0.399 e. The Hall–Kier alpha value is -1.35. The standard InChI is InChI=1S/C11H9BrN2/c12-10-2-1-7-14-11(10)8-3-5-9(13)6-4-8/h1-7H,13H2. The molecular formula is C11H9BrN2. The maximum Gasteiger partial charge on any atom is 0.0843 e. The Bertz CT molecular complexity index is 437. The van der Waals surface area contributed by atoms with Crippen molar-refractivity contribution >= 4 is 21.6 Å². The summed E-state index contributed by atoms with van der Waals surface area (Å²) in [5, 5.41) is 0. The van der Waals surface area contributed by atoms with Gasteiger partial charge in [0.15, 0.2) is 0 Å². The first-order chi connectivity index (χ1) is 6.77. The zero-order valence-electron chi connectivity index (χ0n) is 7.44. The molecule has 2 N–H and O–H groups in total. The predicted octanol–water partition coefficient (Wildman–Crippen LogP) is 3.09. The average molecular weight is 249 g/mol. The number of hydrogen-bond donors (Lipinski definition) is 1. The highest BCUT2D eigenvalue weighted by Crippen LogP contribution is 2.25. The molecule has 0 atom stereocenters. The second-order valence-electron chi connectivity index (χ2n) is 2.96. The van der Waals surface area contributed by atoms with Crippen LogP contribution in [0.5, 0.6) is 0 Å². The second kappa shape index (κ2) is 3.80. The minimum atomic E-state index is 0.765. The number of pyridine rings is 1. The van der Waals surface area contributed by atoms with Gasteiger partial charge in [-0.1, -0.05) is 12.1 Å². The van der Waals surface area contributed by atoms with Gasteiger partial charge in [0.25, 0.3) is 0 Å². The molecule has 1 aromatic heterocycles. The molecule has 0 aliphatic carbocycles. The lowest BCUT2D eigenvalue weighted by Gasteiger charge is -2.02. The summed E-state index contributed by atoms with van der Waals surface area (Å²) in [5.41, 5.74) is 8.37. The van der Waals surface area contributed by atoms with Gasteiger partial charge in [0.2, 0.25) is 0 Å². The van der Waals surface area contributed by atoms with Gasteiger partial charge < -0.3 is 5.73 Å². The van der Waals surface area contributed by atoms with Crippen molar-refractivity contribution in [1.29, 1.82) is 0 Å². The minimum absolute atomic E-state index is 0.765. The molecule has 0 fully saturated rings. The summed E-state index contributed by atoms with van der Waals surface area (Å²) in [6.45, 7) is 0. The van der Waals surface area contributed by atoms with Crippen LogP contribution in [0.2, 0.25) is 0 Å². The van der Waals surface area contributed by atoms with Gasteiger partial charge in [-0.3, -0.25) is 4.98 Å². The molecule has 0 saturated carbocycles. The fourth-order valence-electron chi connectivity index (χ4n) is 1.24. The average Bonchev–Trinajstić information content (AvgIpc) is 2.20. The van der Waals surface area contributed by atoms with Crippen molar-refractivity contribution in [2.75, 3.05) is 5.73 Å². The summed E-state index contributed by atoms with van der Waals surface area (Å²) >= 11 is 3.46. The number of halogens is 1. The SMILES string of the molecule is Nc1ccc(-c2ncccc2Br)cc1. The summed E-state index contributed by atoms with van der Waals surface area (Å²) in [7, 11) is 0. The summed E-state index contributed by atoms with van der Waals surface area (Å²) in [6.07, 6.45) is 1.77. The number of aromatic nitrogens is 1. The summed E-state index contributed by atoms with van der Waals surface area (Å²) in [4.78, 5) is 4.29. The highest BCUT2D eigenvalue weighted by atomic mass is 79.9. The van der Waals surface area contributed by atoms with Crippen molar-refractivity contribution in [2.45, 2.75) is 0 Å². The lowest BCUT2D eigenvalue weighted by molar-refractivity contribution is 1.31. The highest BCUT2D eigenvalue weighted by Gasteiger charge is 2.02. The van der Waals surface area contributed by atoms with E-state index in [1.165, 1.54) is 0 Å². The maximum absolute atomic E-state index is 5.61. The van der Waals surface area contributed by atoms with E-state index >= 15 is 0 Å². The molecule has 2 nitrogen and oxygen atoms in total. The van der Waals surface area contributed by atoms with Gasteiger partial charge in [-0.2, -0.15) is 0 Å². The number of nitrogens with two attached hydrogens (primary N) is 1. The van der Waals surface area contributed by atoms with Gasteiger partial charge in [-0.25, -0.2) is 0 Å². The van der Waals surface area contributed by atoms with E-state index in [2.05, 4.69) is 20.9 Å². The highest BCUT2D eigenvalue weighted by molar-refractivity contribution is 9.10. The van der Waals surface area contributed by atoms with Crippen LogP contribution in [0.15, 0.2) is 47.1 Å². The lowest BCUT2D eigenvalue weighted by Crippen LogP contribution is -1.86. The van der Waals surface area contributed by atoms with Crippen LogP contribution in [-0.2, 0) is 0 Å². The van der Waals surface area contributed by atoms with Crippen molar-refractivity contribution < 1.29 is 0 Å². The van der Waals surface area contributed by atoms with Crippen LogP contribution in [0.1, 0.15) is 0 Å². The van der Waals surface area contributed by atoms with E-state index in [0.717, 1.165) is 21.4 Å². The molecule has 0 aliphatic heterocycles. The Kier molecular flexibility index (Phi) is 2.50. The maximum atomic E-state index is 5.61. The van der Waals surface area contributed by atoms with Crippen LogP contribution in [0.25, 0.3) is 11.3 Å². The lowest BCUT2D eigenvalue weighted by atomic mass is 10.1. The first kappa shape index (κ1) is 9.21. The van der Waals surface area contributed by atoms with E-state index in [4.69, 9.17) is 5.73 Å². The molecule has 0 saturated heterocycles. The molecule has 2 aromatic rings. The predicted molar refractivity (Wildman–Crippen MR) is 61.8 cm³/mol. The van der Waals surface area contributed by atoms with Crippen molar-refractivity contribution in [3.05, 3.63) is 47.1 Å². The summed E-state index contributed by atoms with van der Waals surface area (Å²) < 4.78 is 0.991. The first-order valence-corrected chi connectivity index (χ1v) is 5.03. The van der Waals surface area contributed by atoms with Gasteiger partial charge in [0, 0.05) is 21.9 Å². The Labute approximate surface area is 90.9 Å². The third kappa shape index (κ3) is 1.77. The van der Waals surface area contributed by atoms with Crippen molar-refractivity contribution in [3.8, 4) is 11.3 Å². The summed E-state index contributed by atoms with van der Waals surface area (Å²) in [5.74, 6) is 0. The van der Waals surface area contributed by atoms with E-state index in [1.54, 1.807) is 6.20 Å². The third-order valence-electron chi connectivity index (χ3n) is 1.94. The number of nitrogen functional groups attached to an aromatic ring is 1. The Morgan fingerprint density at radius 3 is 2.43 bits per heavy atom. The molecule has 1 aromatic carbocycles. The number of benzene rings is 1. The smallest absolute Gasteiger partial charge is 0.0843 e. The third-order valence-corrected chi connectivity index (χ3v) is 2.58. The van der Waals surface area contributed by atoms with Gasteiger partial charge in [-0.15, -0.1) is 0 Å². The Balaban J connectivity index is 2.50. The first-order valence-electron chi connectivity index (χ1n) is 4.24. The van der Waals surface area contributed by atoms with Crippen LogP contribution in [0.3, 0.4) is 0 Å². The van der Waals surface area contributed by atoms with Gasteiger partial charge >= 0.3 is 0 Å². The molecular weight excluding hydrogens is 240 g/mol. The molecule has 0 bridgehead atoms. The van der Waals surface area contributed by atoms with Crippen molar-refractivity contribution in [1.82, 2.24) is 4.98 Å². The fraction of sp³-hybridized carbons (Fsp3) is 0. The van der Waals surface area contributed by atoms with E-state index in [9.17, 15) is 0 Å². The van der Waals surface area contributed by atoms with E-state index in [-0.39, 0.29) is 0 Å². The summed E-state index contributed by atoms with van der Waals surface area (Å²) in [6, 6.07) is 11.5. The molecule has 0 spiro atoms. The van der Waals surface area contributed by atoms with Gasteiger partial charge in [0.05, 0.1) is 5.69 Å². The van der Waals surface area contributed by atoms with Crippen LogP contribution < -0.4 is 5.73 Å². The molecule has 3 heteroatoms. The van der Waals surface area contributed by atoms with Crippen LogP contribution >= 0.6 is 15.9 Å². The Morgan fingerprint density at radius 2 is 1.79 bits per heavy atom. The molecule has 0 radical (unpaired) electrons. The van der Waals surface area contributed by atoms with Crippen molar-refractivity contribution in [3.63, 3.8) is 0 Å². The van der Waals surface area contributed by atoms with Gasteiger partial charge in [-0.05, 0) is 40.2 Å². The fourth-order valence-corrected chi connectivity index (χ4v) is 1.72. The monoisotopic (exact) mass is 248 g/mol. The number of hydrogen-bond acceptors (Lipinski definition) is 2. The van der Waals surface area contributed by atoms with Crippen LogP contribution in [-0.4, -0.2) is 4.98 Å². The number of rotatable bonds is 1. The molecule has 2 rings (SSSR count). The van der Waals surface area contributed by atoms with Gasteiger partial charge in [0.1, 0.15) is 0 Å². The largest absolute Gasteiger partial charge is 0.399 e. The molecule has 70 valence electrons. The molecule has 0 unspecified atom stereocenters. The zero-order chi connectivity index (χ0) is 9.97. The molecule has 1 heterocycles. The number of anilines is 1. The quantitative estimate of drug-likeness (QED) is 0.788. The topological polar surface area (TPSA) is 38.9 Å². The Morgan fingerprint density at radius 1 is 1.07 bits per heavy atom. The van der Waals surface area contributed by atoms with Crippen molar-refractivity contribution in [2.24, 2.45) is 0 Å². The van der Waals surface area contributed by atoms with E-state index in [0.29, 0.717) is 0 Å². The molecule has 14 heavy (non-hydrogen) atoms.